The lowest BCUT2D eigenvalue weighted by Crippen LogP contribution is -2.31. The first-order valence-corrected chi connectivity index (χ1v) is 14.7. The average Bonchev–Trinajstić information content (AvgIpc) is 3.35. The van der Waals surface area contributed by atoms with E-state index in [-0.39, 0.29) is 5.41 Å². The molecular weight excluding hydrogens is 512 g/mol. The Kier molecular flexibility index (Phi) is 6.74. The molecule has 0 aliphatic heterocycles. The Balaban J connectivity index is 1.46. The van der Waals surface area contributed by atoms with Gasteiger partial charge in [0.05, 0.1) is 5.56 Å². The van der Waals surface area contributed by atoms with Gasteiger partial charge in [-0.3, -0.25) is 0 Å². The van der Waals surface area contributed by atoms with Crippen molar-refractivity contribution in [2.45, 2.75) is 52.9 Å². The second kappa shape index (κ2) is 10.3. The van der Waals surface area contributed by atoms with Gasteiger partial charge in [0.25, 0.3) is 0 Å². The van der Waals surface area contributed by atoms with Gasteiger partial charge in [-0.2, -0.15) is 5.26 Å². The maximum Gasteiger partial charge on any atom is 0.216 e. The Morgan fingerprint density at radius 1 is 0.762 bits per heavy atom. The minimum absolute atomic E-state index is 0.126. The molecule has 4 aromatic carbocycles. The third kappa shape index (κ3) is 4.68. The number of rotatable bonds is 4. The van der Waals surface area contributed by atoms with E-state index in [0.29, 0.717) is 17.1 Å². The van der Waals surface area contributed by atoms with Crippen molar-refractivity contribution in [2.75, 3.05) is 0 Å². The lowest BCUT2D eigenvalue weighted by Gasteiger charge is -2.19. The van der Waals surface area contributed by atoms with Gasteiger partial charge in [0.1, 0.15) is 24.3 Å². The Hall–Kier alpha value is -4.68. The highest BCUT2D eigenvalue weighted by Crippen LogP contribution is 2.41. The summed E-state index contributed by atoms with van der Waals surface area (Å²) in [5, 5.41) is 12.4. The largest absolute Gasteiger partial charge is 0.454 e. The van der Waals surface area contributed by atoms with Gasteiger partial charge >= 0.3 is 0 Å². The Labute approximate surface area is 248 Å². The highest BCUT2D eigenvalue weighted by Gasteiger charge is 2.23. The first-order valence-electron chi connectivity index (χ1n) is 14.7. The summed E-state index contributed by atoms with van der Waals surface area (Å²) in [6, 6.07) is 32.6. The summed E-state index contributed by atoms with van der Waals surface area (Å²) in [6.07, 6.45) is 2.12. The zero-order valence-electron chi connectivity index (χ0n) is 25.5. The molecule has 0 atom stereocenters. The molecular formula is C39H37N2O+. The summed E-state index contributed by atoms with van der Waals surface area (Å²) >= 11 is 0. The van der Waals surface area contributed by atoms with E-state index in [1.165, 1.54) is 16.7 Å². The third-order valence-electron chi connectivity index (χ3n) is 8.51. The highest BCUT2D eigenvalue weighted by atomic mass is 16.3. The lowest BCUT2D eigenvalue weighted by atomic mass is 9.86. The number of hydrogen-bond donors (Lipinski definition) is 0. The number of hydrogen-bond acceptors (Lipinski definition) is 2. The van der Waals surface area contributed by atoms with E-state index >= 15 is 0 Å². The highest BCUT2D eigenvalue weighted by molar-refractivity contribution is 6.12. The van der Waals surface area contributed by atoms with Crippen LogP contribution in [-0.4, -0.2) is 0 Å². The van der Waals surface area contributed by atoms with E-state index in [4.69, 9.17) is 4.42 Å². The van der Waals surface area contributed by atoms with Crippen LogP contribution in [0, 0.1) is 18.3 Å². The average molecular weight is 550 g/mol. The molecule has 0 aliphatic carbocycles. The van der Waals surface area contributed by atoms with E-state index < -0.39 is 0 Å². The lowest BCUT2D eigenvalue weighted by molar-refractivity contribution is -0.660. The molecule has 0 fully saturated rings. The predicted octanol–water partition coefficient (Wildman–Crippen LogP) is 10.0. The van der Waals surface area contributed by atoms with Crippen LogP contribution in [0.25, 0.3) is 55.4 Å². The second-order valence-electron chi connectivity index (χ2n) is 12.7. The van der Waals surface area contributed by atoms with Crippen molar-refractivity contribution in [1.82, 2.24) is 0 Å². The molecule has 0 unspecified atom stereocenters. The van der Waals surface area contributed by atoms with Crippen LogP contribution in [0.4, 0.5) is 0 Å². The van der Waals surface area contributed by atoms with Crippen LogP contribution in [0.2, 0.25) is 0 Å². The normalized spacial score (nSPS) is 11.9. The standard InChI is InChI=1S/C39H37N2O/c1-24(2)29-20-21-41(7)35(22-29)36-25(3)8-17-33-32-19-18-31(34(23-40)37(32)42-38(33)36)28-11-9-26(10-12-28)27-13-15-30(16-14-27)39(4,5)6/h8-22,24H,1-7H3/q+1. The van der Waals surface area contributed by atoms with Crippen LogP contribution in [0.3, 0.4) is 0 Å². The molecule has 2 aromatic heterocycles. The fraction of sp³-hybridized carbons (Fsp3) is 0.231. The van der Waals surface area contributed by atoms with Gasteiger partial charge in [-0.1, -0.05) is 101 Å². The van der Waals surface area contributed by atoms with Gasteiger partial charge in [0, 0.05) is 28.5 Å². The molecule has 0 N–H and O–H groups in total. The molecule has 0 aliphatic rings. The van der Waals surface area contributed by atoms with Gasteiger partial charge in [0.15, 0.2) is 11.8 Å². The zero-order valence-corrected chi connectivity index (χ0v) is 25.5. The fourth-order valence-corrected chi connectivity index (χ4v) is 5.87. The first-order chi connectivity index (χ1) is 20.1. The minimum Gasteiger partial charge on any atom is -0.454 e. The van der Waals surface area contributed by atoms with Gasteiger partial charge in [-0.15, -0.1) is 0 Å². The van der Waals surface area contributed by atoms with Crippen molar-refractivity contribution in [1.29, 1.82) is 5.26 Å². The van der Waals surface area contributed by atoms with Crippen molar-refractivity contribution >= 4 is 21.9 Å². The topological polar surface area (TPSA) is 40.8 Å². The quantitative estimate of drug-likeness (QED) is 0.205. The Bertz CT molecular complexity index is 1990. The fourth-order valence-electron chi connectivity index (χ4n) is 5.87. The second-order valence-corrected chi connectivity index (χ2v) is 12.7. The molecule has 208 valence electrons. The van der Waals surface area contributed by atoms with Crippen molar-refractivity contribution in [3.05, 3.63) is 113 Å². The van der Waals surface area contributed by atoms with Crippen molar-refractivity contribution in [2.24, 2.45) is 7.05 Å². The summed E-state index contributed by atoms with van der Waals surface area (Å²) < 4.78 is 8.80. The SMILES string of the molecule is Cc1ccc2c(oc3c(C#N)c(-c4ccc(-c5ccc(C(C)(C)C)cc5)cc4)ccc32)c1-c1cc(C(C)C)cc[n+]1C. The summed E-state index contributed by atoms with van der Waals surface area (Å²) in [4.78, 5) is 0. The number of benzene rings is 4. The predicted molar refractivity (Wildman–Crippen MR) is 173 cm³/mol. The summed E-state index contributed by atoms with van der Waals surface area (Å²) in [5.41, 5.74) is 12.3. The molecule has 6 aromatic rings. The van der Waals surface area contributed by atoms with Crippen LogP contribution in [-0.2, 0) is 12.5 Å². The van der Waals surface area contributed by atoms with Crippen LogP contribution < -0.4 is 4.57 Å². The number of aryl methyl sites for hydroxylation is 2. The van der Waals surface area contributed by atoms with E-state index in [2.05, 4.69) is 150 Å². The van der Waals surface area contributed by atoms with Crippen LogP contribution in [0.15, 0.2) is 95.5 Å². The summed E-state index contributed by atoms with van der Waals surface area (Å²) in [7, 11) is 2.07. The summed E-state index contributed by atoms with van der Waals surface area (Å²) in [6.45, 7) is 13.2. The molecule has 0 saturated carbocycles. The van der Waals surface area contributed by atoms with E-state index in [1.54, 1.807) is 0 Å². The van der Waals surface area contributed by atoms with Crippen molar-refractivity contribution in [3.63, 3.8) is 0 Å². The van der Waals surface area contributed by atoms with Gasteiger partial charge < -0.3 is 4.42 Å². The van der Waals surface area contributed by atoms with Crippen LogP contribution in [0.1, 0.15) is 62.8 Å². The first kappa shape index (κ1) is 27.5. The number of nitriles is 1. The molecule has 3 nitrogen and oxygen atoms in total. The molecule has 0 amide bonds. The minimum atomic E-state index is 0.126. The van der Waals surface area contributed by atoms with E-state index in [9.17, 15) is 5.26 Å². The van der Waals surface area contributed by atoms with E-state index in [1.807, 2.05) is 0 Å². The van der Waals surface area contributed by atoms with Gasteiger partial charge in [-0.05, 0) is 57.7 Å². The van der Waals surface area contributed by atoms with Gasteiger partial charge in [0.2, 0.25) is 5.69 Å². The maximum atomic E-state index is 10.4. The third-order valence-corrected chi connectivity index (χ3v) is 8.51. The smallest absolute Gasteiger partial charge is 0.216 e. The molecule has 3 heteroatoms. The molecule has 0 saturated heterocycles. The number of furan rings is 1. The summed E-state index contributed by atoms with van der Waals surface area (Å²) in [5.74, 6) is 0.419. The Morgan fingerprint density at radius 2 is 1.36 bits per heavy atom. The molecule has 0 bridgehead atoms. The van der Waals surface area contributed by atoms with Crippen LogP contribution in [0.5, 0.6) is 0 Å². The molecule has 0 radical (unpaired) electrons. The molecule has 6 rings (SSSR count). The molecule has 2 heterocycles. The number of nitrogens with zero attached hydrogens (tertiary/aromatic N) is 2. The number of fused-ring (bicyclic) bond motifs is 3. The van der Waals surface area contributed by atoms with Crippen molar-refractivity contribution in [3.8, 4) is 39.6 Å². The zero-order chi connectivity index (χ0) is 29.8. The van der Waals surface area contributed by atoms with Crippen molar-refractivity contribution < 1.29 is 8.98 Å². The molecule has 0 spiro atoms. The number of aromatic nitrogens is 1. The Morgan fingerprint density at radius 3 is 1.98 bits per heavy atom. The monoisotopic (exact) mass is 549 g/mol. The number of pyridine rings is 1. The van der Waals surface area contributed by atoms with E-state index in [0.717, 1.165) is 49.9 Å². The molecule has 42 heavy (non-hydrogen) atoms. The van der Waals surface area contributed by atoms with Crippen LogP contribution >= 0.6 is 0 Å². The maximum absolute atomic E-state index is 10.4. The van der Waals surface area contributed by atoms with Gasteiger partial charge in [-0.25, -0.2) is 4.57 Å².